The second kappa shape index (κ2) is 7.64. The van der Waals surface area contributed by atoms with Gasteiger partial charge in [-0.25, -0.2) is 9.59 Å². The normalized spacial score (nSPS) is 12.5. The number of carboxylic acids is 1. The number of amides is 2. The molecule has 1 atom stereocenters. The van der Waals surface area contributed by atoms with Crippen molar-refractivity contribution in [2.24, 2.45) is 0 Å². The van der Waals surface area contributed by atoms with Crippen LogP contribution >= 0.6 is 0 Å². The van der Waals surface area contributed by atoms with Crippen LogP contribution in [-0.2, 0) is 16.0 Å². The topological polar surface area (TPSA) is 87.7 Å². The molecule has 21 heavy (non-hydrogen) atoms. The lowest BCUT2D eigenvalue weighted by Gasteiger charge is -2.24. The van der Waals surface area contributed by atoms with Crippen LogP contribution in [0.3, 0.4) is 0 Å². The molecule has 0 aliphatic heterocycles. The molecule has 1 aromatic carbocycles. The molecule has 116 valence electrons. The Balaban J connectivity index is 2.55. The number of benzene rings is 1. The average Bonchev–Trinajstić information content (AvgIpc) is 2.45. The third-order valence-corrected chi connectivity index (χ3v) is 3.11. The third-order valence-electron chi connectivity index (χ3n) is 3.11. The number of methoxy groups -OCH3 is 1. The van der Waals surface area contributed by atoms with Gasteiger partial charge in [0.05, 0.1) is 5.60 Å². The van der Waals surface area contributed by atoms with Crippen molar-refractivity contribution in [1.82, 2.24) is 10.6 Å². The Morgan fingerprint density at radius 2 is 1.90 bits per heavy atom. The zero-order valence-corrected chi connectivity index (χ0v) is 12.6. The fraction of sp³-hybridized carbons (Fsp3) is 0.467. The molecule has 1 rings (SSSR count). The van der Waals surface area contributed by atoms with Crippen LogP contribution in [0.1, 0.15) is 19.4 Å². The van der Waals surface area contributed by atoms with Crippen molar-refractivity contribution in [1.29, 1.82) is 0 Å². The summed E-state index contributed by atoms with van der Waals surface area (Å²) in [5.41, 5.74) is 0.345. The summed E-state index contributed by atoms with van der Waals surface area (Å²) in [5, 5.41) is 14.3. The summed E-state index contributed by atoms with van der Waals surface area (Å²) in [4.78, 5) is 23.0. The van der Waals surface area contributed by atoms with Gasteiger partial charge >= 0.3 is 12.0 Å². The van der Waals surface area contributed by atoms with Crippen LogP contribution in [0.25, 0.3) is 0 Å². The summed E-state index contributed by atoms with van der Waals surface area (Å²) in [7, 11) is 1.55. The third kappa shape index (κ3) is 6.27. The number of carbonyl (C=O) groups is 2. The Labute approximate surface area is 124 Å². The van der Waals surface area contributed by atoms with E-state index in [1.807, 2.05) is 44.2 Å². The highest BCUT2D eigenvalue weighted by atomic mass is 16.5. The van der Waals surface area contributed by atoms with Crippen molar-refractivity contribution >= 4 is 12.0 Å². The molecule has 0 saturated heterocycles. The Morgan fingerprint density at radius 3 is 2.43 bits per heavy atom. The van der Waals surface area contributed by atoms with Crippen molar-refractivity contribution in [3.63, 3.8) is 0 Å². The first-order valence-corrected chi connectivity index (χ1v) is 6.70. The predicted molar refractivity (Wildman–Crippen MR) is 79.2 cm³/mol. The minimum absolute atomic E-state index is 0.233. The van der Waals surface area contributed by atoms with E-state index in [4.69, 9.17) is 4.74 Å². The van der Waals surface area contributed by atoms with Crippen LogP contribution in [0.4, 0.5) is 4.79 Å². The van der Waals surface area contributed by atoms with Crippen LogP contribution in [0.5, 0.6) is 0 Å². The smallest absolute Gasteiger partial charge is 0.326 e. The molecule has 0 radical (unpaired) electrons. The molecular weight excluding hydrogens is 272 g/mol. The van der Waals surface area contributed by atoms with Gasteiger partial charge in [0.2, 0.25) is 0 Å². The van der Waals surface area contributed by atoms with Crippen LogP contribution in [0, 0.1) is 0 Å². The van der Waals surface area contributed by atoms with E-state index in [1.54, 1.807) is 7.11 Å². The second-order valence-corrected chi connectivity index (χ2v) is 5.37. The highest BCUT2D eigenvalue weighted by Crippen LogP contribution is 2.05. The van der Waals surface area contributed by atoms with Gasteiger partial charge in [0, 0.05) is 20.1 Å². The molecule has 6 nitrogen and oxygen atoms in total. The van der Waals surface area contributed by atoms with E-state index in [1.165, 1.54) is 0 Å². The summed E-state index contributed by atoms with van der Waals surface area (Å²) < 4.78 is 5.18. The summed E-state index contributed by atoms with van der Waals surface area (Å²) in [6.07, 6.45) is 0.233. The van der Waals surface area contributed by atoms with Gasteiger partial charge in [0.15, 0.2) is 0 Å². The van der Waals surface area contributed by atoms with Gasteiger partial charge in [-0.2, -0.15) is 0 Å². The standard InChI is InChI=1S/C15H22N2O4/c1-15(2,21-3)10-16-14(20)17-12(13(18)19)9-11-7-5-4-6-8-11/h4-8,12H,9-10H2,1-3H3,(H,18,19)(H2,16,17,20)/t12-/m1/s1. The number of aliphatic carboxylic acids is 1. The number of hydrogen-bond acceptors (Lipinski definition) is 3. The highest BCUT2D eigenvalue weighted by Gasteiger charge is 2.22. The number of carbonyl (C=O) groups excluding carboxylic acids is 1. The summed E-state index contributed by atoms with van der Waals surface area (Å²) >= 11 is 0. The van der Waals surface area contributed by atoms with Crippen molar-refractivity contribution in [2.75, 3.05) is 13.7 Å². The van der Waals surface area contributed by atoms with Gasteiger partial charge in [-0.1, -0.05) is 30.3 Å². The molecule has 0 aliphatic carbocycles. The van der Waals surface area contributed by atoms with Crippen molar-refractivity contribution in [2.45, 2.75) is 31.9 Å². The van der Waals surface area contributed by atoms with E-state index in [9.17, 15) is 14.7 Å². The SMILES string of the molecule is COC(C)(C)CNC(=O)N[C@H](Cc1ccccc1)C(=O)O. The number of nitrogens with one attached hydrogen (secondary N) is 2. The van der Waals surface area contributed by atoms with Gasteiger partial charge in [-0.3, -0.25) is 0 Å². The van der Waals surface area contributed by atoms with Crippen LogP contribution in [0.15, 0.2) is 30.3 Å². The van der Waals surface area contributed by atoms with Gasteiger partial charge in [-0.15, -0.1) is 0 Å². The summed E-state index contributed by atoms with van der Waals surface area (Å²) in [6.45, 7) is 3.94. The molecule has 0 heterocycles. The summed E-state index contributed by atoms with van der Waals surface area (Å²) in [6, 6.07) is 7.66. The number of ether oxygens (including phenoxy) is 1. The maximum atomic E-state index is 11.8. The lowest BCUT2D eigenvalue weighted by molar-refractivity contribution is -0.139. The molecule has 0 bridgehead atoms. The highest BCUT2D eigenvalue weighted by molar-refractivity contribution is 5.82. The Bertz CT molecular complexity index is 474. The van der Waals surface area contributed by atoms with E-state index in [-0.39, 0.29) is 13.0 Å². The first-order valence-electron chi connectivity index (χ1n) is 6.70. The molecule has 0 aromatic heterocycles. The average molecular weight is 294 g/mol. The molecular formula is C15H22N2O4. The number of urea groups is 1. The maximum Gasteiger partial charge on any atom is 0.326 e. The van der Waals surface area contributed by atoms with E-state index < -0.39 is 23.6 Å². The zero-order chi connectivity index (χ0) is 15.9. The number of rotatable bonds is 7. The maximum absolute atomic E-state index is 11.8. The van der Waals surface area contributed by atoms with Crippen molar-refractivity contribution in [3.8, 4) is 0 Å². The zero-order valence-electron chi connectivity index (χ0n) is 12.6. The fourth-order valence-electron chi connectivity index (χ4n) is 1.62. The van der Waals surface area contributed by atoms with Gasteiger partial charge < -0.3 is 20.5 Å². The molecule has 2 amide bonds. The molecule has 6 heteroatoms. The Kier molecular flexibility index (Phi) is 6.17. The van der Waals surface area contributed by atoms with E-state index in [0.717, 1.165) is 5.56 Å². The minimum Gasteiger partial charge on any atom is -0.480 e. The molecule has 0 saturated carbocycles. The van der Waals surface area contributed by atoms with Crippen LogP contribution in [0.2, 0.25) is 0 Å². The predicted octanol–water partition coefficient (Wildman–Crippen LogP) is 1.41. The second-order valence-electron chi connectivity index (χ2n) is 5.37. The molecule has 0 fully saturated rings. The number of hydrogen-bond donors (Lipinski definition) is 3. The first-order chi connectivity index (χ1) is 9.84. The fourth-order valence-corrected chi connectivity index (χ4v) is 1.62. The van der Waals surface area contributed by atoms with E-state index in [2.05, 4.69) is 10.6 Å². The molecule has 3 N–H and O–H groups in total. The summed E-state index contributed by atoms with van der Waals surface area (Å²) in [5.74, 6) is -1.07. The molecule has 1 aromatic rings. The Morgan fingerprint density at radius 1 is 1.29 bits per heavy atom. The quantitative estimate of drug-likeness (QED) is 0.709. The van der Waals surface area contributed by atoms with Gasteiger partial charge in [0.25, 0.3) is 0 Å². The van der Waals surface area contributed by atoms with Crippen LogP contribution in [-0.4, -0.2) is 42.4 Å². The van der Waals surface area contributed by atoms with Crippen LogP contribution < -0.4 is 10.6 Å². The lowest BCUT2D eigenvalue weighted by Crippen LogP contribution is -2.50. The molecule has 0 unspecified atom stereocenters. The molecule has 0 aliphatic rings. The van der Waals surface area contributed by atoms with E-state index >= 15 is 0 Å². The molecule has 0 spiro atoms. The van der Waals surface area contributed by atoms with Crippen molar-refractivity contribution in [3.05, 3.63) is 35.9 Å². The van der Waals surface area contributed by atoms with E-state index in [0.29, 0.717) is 0 Å². The van der Waals surface area contributed by atoms with Crippen molar-refractivity contribution < 1.29 is 19.4 Å². The monoisotopic (exact) mass is 294 g/mol. The number of carboxylic acid groups (broad SMARTS) is 1. The minimum atomic E-state index is -1.07. The lowest BCUT2D eigenvalue weighted by atomic mass is 10.1. The first kappa shape index (κ1) is 17.0. The van der Waals surface area contributed by atoms with Gasteiger partial charge in [-0.05, 0) is 19.4 Å². The largest absolute Gasteiger partial charge is 0.480 e. The van der Waals surface area contributed by atoms with Gasteiger partial charge in [0.1, 0.15) is 6.04 Å². The Hall–Kier alpha value is -2.08.